The molecular weight excluding hydrogens is 321 g/mol. The van der Waals surface area contributed by atoms with Crippen LogP contribution < -0.4 is 11.1 Å². The molecule has 124 valence electrons. The highest BCUT2D eigenvalue weighted by Gasteiger charge is 2.28. The predicted octanol–water partition coefficient (Wildman–Crippen LogP) is 2.48. The zero-order valence-corrected chi connectivity index (χ0v) is 12.6. The molecule has 1 amide bonds. The summed E-state index contributed by atoms with van der Waals surface area (Å²) in [4.78, 5) is 12.0. The first-order valence-corrected chi connectivity index (χ1v) is 6.83. The molecule has 0 aromatic heterocycles. The van der Waals surface area contributed by atoms with E-state index in [1.807, 2.05) is 0 Å². The molecule has 22 heavy (non-hydrogen) atoms. The molecule has 0 bridgehead atoms. The second kappa shape index (κ2) is 7.69. The Labute approximate surface area is 132 Å². The minimum absolute atomic E-state index is 0. The Kier molecular flexibility index (Phi) is 6.49. The van der Waals surface area contributed by atoms with Crippen molar-refractivity contribution < 1.29 is 23.1 Å². The Balaban J connectivity index is 0.00000242. The van der Waals surface area contributed by atoms with Gasteiger partial charge in [0.05, 0.1) is 5.56 Å². The van der Waals surface area contributed by atoms with Crippen LogP contribution in [-0.2, 0) is 0 Å². The van der Waals surface area contributed by atoms with Crippen LogP contribution in [0.4, 0.5) is 13.2 Å². The summed E-state index contributed by atoms with van der Waals surface area (Å²) in [5.74, 6) is -6.94. The summed E-state index contributed by atoms with van der Waals surface area (Å²) in [7, 11) is 0. The SMILES string of the molecule is Cl.NCC1CCCCC1NC(=O)c1cc(F)c(F)c(O)c1F. The predicted molar refractivity (Wildman–Crippen MR) is 77.5 cm³/mol. The van der Waals surface area contributed by atoms with Gasteiger partial charge in [0, 0.05) is 6.04 Å². The molecule has 0 spiro atoms. The summed E-state index contributed by atoms with van der Waals surface area (Å²) in [5, 5.41) is 11.7. The Hall–Kier alpha value is -1.47. The lowest BCUT2D eigenvalue weighted by molar-refractivity contribution is 0.0902. The molecule has 0 saturated heterocycles. The van der Waals surface area contributed by atoms with Crippen molar-refractivity contribution in [1.29, 1.82) is 0 Å². The third-order valence-corrected chi connectivity index (χ3v) is 3.91. The van der Waals surface area contributed by atoms with E-state index in [1.54, 1.807) is 0 Å². The third-order valence-electron chi connectivity index (χ3n) is 3.91. The van der Waals surface area contributed by atoms with E-state index in [9.17, 15) is 18.0 Å². The Morgan fingerprint density at radius 1 is 1.27 bits per heavy atom. The van der Waals surface area contributed by atoms with Gasteiger partial charge in [-0.2, -0.15) is 4.39 Å². The first kappa shape index (κ1) is 18.6. The largest absolute Gasteiger partial charge is 0.503 e. The molecule has 4 N–H and O–H groups in total. The summed E-state index contributed by atoms with van der Waals surface area (Å²) >= 11 is 0. The number of phenols is 1. The summed E-state index contributed by atoms with van der Waals surface area (Å²) in [6, 6.07) is 0.214. The van der Waals surface area contributed by atoms with E-state index in [0.29, 0.717) is 19.0 Å². The fourth-order valence-electron chi connectivity index (χ4n) is 2.68. The lowest BCUT2D eigenvalue weighted by atomic mass is 9.84. The number of nitrogens with two attached hydrogens (primary N) is 1. The molecular formula is C14H18ClF3N2O2. The van der Waals surface area contributed by atoms with E-state index in [1.165, 1.54) is 0 Å². The fraction of sp³-hybridized carbons (Fsp3) is 0.500. The van der Waals surface area contributed by atoms with Gasteiger partial charge in [0.25, 0.3) is 5.91 Å². The van der Waals surface area contributed by atoms with Crippen molar-refractivity contribution in [3.05, 3.63) is 29.1 Å². The van der Waals surface area contributed by atoms with E-state index in [4.69, 9.17) is 10.8 Å². The van der Waals surface area contributed by atoms with Gasteiger partial charge < -0.3 is 16.2 Å². The summed E-state index contributed by atoms with van der Waals surface area (Å²) in [5.41, 5.74) is 4.92. The molecule has 4 nitrogen and oxygen atoms in total. The molecule has 1 fully saturated rings. The average Bonchev–Trinajstić information content (AvgIpc) is 2.49. The number of carbonyl (C=O) groups excluding carboxylic acids is 1. The maximum atomic E-state index is 13.7. The number of rotatable bonds is 3. The number of phenolic OH excluding ortho intramolecular Hbond substituents is 1. The third kappa shape index (κ3) is 3.64. The second-order valence-electron chi connectivity index (χ2n) is 5.24. The molecule has 8 heteroatoms. The summed E-state index contributed by atoms with van der Waals surface area (Å²) < 4.78 is 39.9. The molecule has 0 radical (unpaired) electrons. The van der Waals surface area contributed by atoms with Crippen molar-refractivity contribution in [3.8, 4) is 5.75 Å². The number of hydrogen-bond acceptors (Lipinski definition) is 3. The van der Waals surface area contributed by atoms with Gasteiger partial charge in [-0.3, -0.25) is 4.79 Å². The van der Waals surface area contributed by atoms with Crippen molar-refractivity contribution in [2.24, 2.45) is 11.7 Å². The molecule has 1 saturated carbocycles. The summed E-state index contributed by atoms with van der Waals surface area (Å²) in [6.07, 6.45) is 3.47. The highest BCUT2D eigenvalue weighted by molar-refractivity contribution is 5.95. The molecule has 2 atom stereocenters. The van der Waals surface area contributed by atoms with Gasteiger partial charge in [-0.05, 0) is 31.4 Å². The van der Waals surface area contributed by atoms with Crippen LogP contribution >= 0.6 is 12.4 Å². The molecule has 1 aromatic rings. The zero-order chi connectivity index (χ0) is 15.6. The van der Waals surface area contributed by atoms with Gasteiger partial charge in [-0.25, -0.2) is 8.78 Å². The van der Waals surface area contributed by atoms with Crippen LogP contribution in [0.25, 0.3) is 0 Å². The maximum Gasteiger partial charge on any atom is 0.254 e. The van der Waals surface area contributed by atoms with Crippen molar-refractivity contribution in [1.82, 2.24) is 5.32 Å². The number of benzene rings is 1. The van der Waals surface area contributed by atoms with Gasteiger partial charge in [-0.1, -0.05) is 12.8 Å². The van der Waals surface area contributed by atoms with Gasteiger partial charge in [0.1, 0.15) is 0 Å². The zero-order valence-electron chi connectivity index (χ0n) is 11.7. The van der Waals surface area contributed by atoms with E-state index in [0.717, 1.165) is 19.3 Å². The van der Waals surface area contributed by atoms with E-state index in [-0.39, 0.29) is 24.4 Å². The van der Waals surface area contributed by atoms with Gasteiger partial charge in [0.2, 0.25) is 5.82 Å². The maximum absolute atomic E-state index is 13.7. The van der Waals surface area contributed by atoms with E-state index < -0.39 is 34.7 Å². The van der Waals surface area contributed by atoms with Crippen LogP contribution in [0.15, 0.2) is 6.07 Å². The van der Waals surface area contributed by atoms with Crippen LogP contribution in [0.5, 0.6) is 5.75 Å². The van der Waals surface area contributed by atoms with Crippen molar-refractivity contribution in [2.75, 3.05) is 6.54 Å². The van der Waals surface area contributed by atoms with Gasteiger partial charge in [0.15, 0.2) is 17.4 Å². The minimum atomic E-state index is -1.71. The molecule has 0 heterocycles. The van der Waals surface area contributed by atoms with Crippen molar-refractivity contribution in [2.45, 2.75) is 31.7 Å². The Morgan fingerprint density at radius 3 is 2.55 bits per heavy atom. The monoisotopic (exact) mass is 338 g/mol. The fourth-order valence-corrected chi connectivity index (χ4v) is 2.68. The lowest BCUT2D eigenvalue weighted by Crippen LogP contribution is -2.45. The van der Waals surface area contributed by atoms with Crippen LogP contribution in [0.1, 0.15) is 36.0 Å². The minimum Gasteiger partial charge on any atom is -0.503 e. The molecule has 0 aliphatic heterocycles. The Morgan fingerprint density at radius 2 is 1.91 bits per heavy atom. The smallest absolute Gasteiger partial charge is 0.254 e. The van der Waals surface area contributed by atoms with Crippen LogP contribution in [-0.4, -0.2) is 23.6 Å². The molecule has 1 aromatic carbocycles. The molecule has 2 rings (SSSR count). The topological polar surface area (TPSA) is 75.3 Å². The van der Waals surface area contributed by atoms with Crippen LogP contribution in [0.2, 0.25) is 0 Å². The van der Waals surface area contributed by atoms with Crippen molar-refractivity contribution in [3.63, 3.8) is 0 Å². The average molecular weight is 339 g/mol. The van der Waals surface area contributed by atoms with Crippen molar-refractivity contribution >= 4 is 18.3 Å². The number of carbonyl (C=O) groups is 1. The molecule has 1 aliphatic carbocycles. The van der Waals surface area contributed by atoms with E-state index in [2.05, 4.69) is 5.32 Å². The highest BCUT2D eigenvalue weighted by Crippen LogP contribution is 2.27. The van der Waals surface area contributed by atoms with Gasteiger partial charge in [-0.15, -0.1) is 12.4 Å². The normalized spacial score (nSPS) is 21.1. The molecule has 2 unspecified atom stereocenters. The Bertz CT molecular complexity index is 557. The number of amides is 1. The quantitative estimate of drug-likeness (QED) is 0.741. The number of aromatic hydroxyl groups is 1. The lowest BCUT2D eigenvalue weighted by Gasteiger charge is -2.31. The number of halogens is 4. The standard InChI is InChI=1S/C14H17F3N2O2.ClH/c15-9-5-8(11(16)13(20)12(9)17)14(21)19-10-4-2-1-3-7(10)6-18;/h5,7,10,20H,1-4,6,18H2,(H,19,21);1H. The highest BCUT2D eigenvalue weighted by atomic mass is 35.5. The summed E-state index contributed by atoms with van der Waals surface area (Å²) in [6.45, 7) is 0.385. The second-order valence-corrected chi connectivity index (χ2v) is 5.24. The van der Waals surface area contributed by atoms with Crippen LogP contribution in [0.3, 0.4) is 0 Å². The number of hydrogen-bond donors (Lipinski definition) is 3. The van der Waals surface area contributed by atoms with Crippen LogP contribution in [0, 0.1) is 23.4 Å². The van der Waals surface area contributed by atoms with E-state index >= 15 is 0 Å². The first-order valence-electron chi connectivity index (χ1n) is 6.83. The first-order chi connectivity index (χ1) is 9.95. The number of nitrogens with one attached hydrogen (secondary N) is 1. The van der Waals surface area contributed by atoms with Gasteiger partial charge >= 0.3 is 0 Å². The molecule has 1 aliphatic rings.